The molecule has 0 fully saturated rings. The van der Waals surface area contributed by atoms with Gasteiger partial charge in [0.05, 0.1) is 0 Å². The van der Waals surface area contributed by atoms with Gasteiger partial charge in [-0.25, -0.2) is 0 Å². The third-order valence-corrected chi connectivity index (χ3v) is 3.83. The Balaban J connectivity index is 2.11. The normalized spacial score (nSPS) is 10.8. The van der Waals surface area contributed by atoms with E-state index >= 15 is 0 Å². The van der Waals surface area contributed by atoms with Crippen LogP contribution in [0.5, 0.6) is 0 Å². The molecule has 1 aromatic heterocycles. The van der Waals surface area contributed by atoms with E-state index in [1.807, 2.05) is 0 Å². The van der Waals surface area contributed by atoms with Crippen LogP contribution in [0.4, 0.5) is 0 Å². The highest BCUT2D eigenvalue weighted by Crippen LogP contribution is 2.10. The molecular formula is C17H29N3O2. The summed E-state index contributed by atoms with van der Waals surface area (Å²) in [5.74, 6) is -0.762. The molecule has 1 heterocycles. The monoisotopic (exact) mass is 307 g/mol. The molecule has 5 heteroatoms. The summed E-state index contributed by atoms with van der Waals surface area (Å²) in [5, 5.41) is 3.98. The van der Waals surface area contributed by atoms with Crippen molar-refractivity contribution in [3.63, 3.8) is 0 Å². The number of carbonyl (C=O) groups is 1. The molecule has 1 rings (SSSR count). The topological polar surface area (TPSA) is 78.0 Å². The van der Waals surface area contributed by atoms with Crippen LogP contribution < -0.4 is 11.2 Å². The van der Waals surface area contributed by atoms with Gasteiger partial charge in [0, 0.05) is 18.8 Å². The minimum absolute atomic E-state index is 0.172. The molecule has 0 saturated heterocycles. The van der Waals surface area contributed by atoms with Crippen molar-refractivity contribution in [2.24, 2.45) is 5.73 Å². The maximum Gasteiger partial charge on any atom is 0.273 e. The molecule has 0 saturated carbocycles. The lowest BCUT2D eigenvalue weighted by Crippen LogP contribution is -2.26. The van der Waals surface area contributed by atoms with Gasteiger partial charge in [-0.2, -0.15) is 5.10 Å². The fraction of sp³-hybridized carbons (Fsp3) is 0.706. The maximum absolute atomic E-state index is 11.4. The molecule has 0 aliphatic rings. The first-order valence-electron chi connectivity index (χ1n) is 8.52. The second-order valence-electron chi connectivity index (χ2n) is 5.84. The summed E-state index contributed by atoms with van der Waals surface area (Å²) in [5.41, 5.74) is 4.54. The second kappa shape index (κ2) is 11.0. The van der Waals surface area contributed by atoms with Gasteiger partial charge in [0.25, 0.3) is 5.91 Å². The fourth-order valence-electron chi connectivity index (χ4n) is 2.50. The molecular weight excluding hydrogens is 278 g/mol. The minimum Gasteiger partial charge on any atom is -0.364 e. The van der Waals surface area contributed by atoms with E-state index in [-0.39, 0.29) is 5.69 Å². The predicted molar refractivity (Wildman–Crippen MR) is 88.9 cm³/mol. The smallest absolute Gasteiger partial charge is 0.273 e. The number of hydrogen-bond donors (Lipinski definition) is 1. The zero-order valence-corrected chi connectivity index (χ0v) is 13.7. The van der Waals surface area contributed by atoms with E-state index in [2.05, 4.69) is 12.0 Å². The van der Waals surface area contributed by atoms with Crippen molar-refractivity contribution in [3.8, 4) is 0 Å². The first kappa shape index (κ1) is 18.4. The zero-order chi connectivity index (χ0) is 16.2. The molecule has 0 radical (unpaired) electrons. The van der Waals surface area contributed by atoms with Gasteiger partial charge in [-0.05, 0) is 6.42 Å². The van der Waals surface area contributed by atoms with Crippen LogP contribution in [0, 0.1) is 0 Å². The van der Waals surface area contributed by atoms with Crippen molar-refractivity contribution in [2.45, 2.75) is 77.7 Å². The van der Waals surface area contributed by atoms with Gasteiger partial charge in [0.1, 0.15) is 0 Å². The van der Waals surface area contributed by atoms with Crippen molar-refractivity contribution < 1.29 is 4.79 Å². The number of hydrogen-bond acceptors (Lipinski definition) is 3. The predicted octanol–water partition coefficient (Wildman–Crippen LogP) is 3.26. The van der Waals surface area contributed by atoms with Gasteiger partial charge in [-0.15, -0.1) is 0 Å². The molecule has 5 nitrogen and oxygen atoms in total. The number of nitrogens with two attached hydrogens (primary N) is 1. The molecule has 0 aliphatic heterocycles. The average Bonchev–Trinajstić information content (AvgIpc) is 2.50. The lowest BCUT2D eigenvalue weighted by Gasteiger charge is -2.06. The zero-order valence-electron chi connectivity index (χ0n) is 13.7. The van der Waals surface area contributed by atoms with Gasteiger partial charge in [0.2, 0.25) is 5.43 Å². The minimum atomic E-state index is -0.762. The summed E-state index contributed by atoms with van der Waals surface area (Å²) >= 11 is 0. The summed E-state index contributed by atoms with van der Waals surface area (Å²) in [7, 11) is 0. The molecule has 0 bridgehead atoms. The molecule has 0 unspecified atom stereocenters. The number of nitrogens with zero attached hydrogens (tertiary/aromatic N) is 2. The van der Waals surface area contributed by atoms with Gasteiger partial charge in [-0.1, -0.05) is 64.7 Å². The molecule has 124 valence electrons. The van der Waals surface area contributed by atoms with Crippen LogP contribution in [0.3, 0.4) is 0 Å². The Bertz CT molecular complexity index is 497. The highest BCUT2D eigenvalue weighted by Gasteiger charge is 2.07. The molecule has 0 aromatic carbocycles. The van der Waals surface area contributed by atoms with Gasteiger partial charge >= 0.3 is 0 Å². The van der Waals surface area contributed by atoms with Crippen LogP contribution >= 0.6 is 0 Å². The summed E-state index contributed by atoms with van der Waals surface area (Å²) < 4.78 is 1.63. The Morgan fingerprint density at radius 3 is 2.14 bits per heavy atom. The van der Waals surface area contributed by atoms with Crippen molar-refractivity contribution in [3.05, 3.63) is 28.2 Å². The van der Waals surface area contributed by atoms with Gasteiger partial charge < -0.3 is 5.73 Å². The number of carbonyl (C=O) groups excluding carboxylic acids is 1. The molecule has 0 atom stereocenters. The van der Waals surface area contributed by atoms with E-state index in [1.165, 1.54) is 57.4 Å². The molecule has 1 aromatic rings. The van der Waals surface area contributed by atoms with E-state index in [4.69, 9.17) is 5.73 Å². The third kappa shape index (κ3) is 7.38. The maximum atomic E-state index is 11.4. The molecule has 0 spiro atoms. The lowest BCUT2D eigenvalue weighted by molar-refractivity contribution is 0.0992. The van der Waals surface area contributed by atoms with Crippen molar-refractivity contribution in [1.82, 2.24) is 9.78 Å². The largest absolute Gasteiger partial charge is 0.364 e. The van der Waals surface area contributed by atoms with Crippen molar-refractivity contribution >= 4 is 5.91 Å². The van der Waals surface area contributed by atoms with E-state index < -0.39 is 11.3 Å². The van der Waals surface area contributed by atoms with Crippen LogP contribution in [0.2, 0.25) is 0 Å². The van der Waals surface area contributed by atoms with E-state index in [0.29, 0.717) is 0 Å². The molecule has 2 N–H and O–H groups in total. The Labute approximate surface area is 132 Å². The average molecular weight is 307 g/mol. The van der Waals surface area contributed by atoms with Crippen LogP contribution in [-0.4, -0.2) is 15.7 Å². The van der Waals surface area contributed by atoms with Gasteiger partial charge in [-0.3, -0.25) is 14.3 Å². The summed E-state index contributed by atoms with van der Waals surface area (Å²) in [6.07, 6.45) is 14.4. The molecule has 22 heavy (non-hydrogen) atoms. The molecule has 1 amide bonds. The number of primary amides is 1. The number of aromatic nitrogens is 2. The van der Waals surface area contributed by atoms with Crippen LogP contribution in [-0.2, 0) is 6.54 Å². The first-order valence-corrected chi connectivity index (χ1v) is 8.52. The van der Waals surface area contributed by atoms with Crippen LogP contribution in [0.15, 0.2) is 17.1 Å². The Hall–Kier alpha value is -1.65. The van der Waals surface area contributed by atoms with E-state index in [9.17, 15) is 9.59 Å². The highest BCUT2D eigenvalue weighted by atomic mass is 16.2. The lowest BCUT2D eigenvalue weighted by atomic mass is 10.1. The SMILES string of the molecule is CCCCCCCCCCCCn1ccc(=O)c(C(N)=O)n1. The molecule has 0 aliphatic carbocycles. The summed E-state index contributed by atoms with van der Waals surface area (Å²) in [4.78, 5) is 22.4. The first-order chi connectivity index (χ1) is 10.6. The van der Waals surface area contributed by atoms with E-state index in [0.717, 1.165) is 19.4 Å². The van der Waals surface area contributed by atoms with Gasteiger partial charge in [0.15, 0.2) is 5.69 Å². The number of aryl methyl sites for hydroxylation is 1. The quantitative estimate of drug-likeness (QED) is 0.602. The highest BCUT2D eigenvalue weighted by molar-refractivity contribution is 5.90. The van der Waals surface area contributed by atoms with Crippen LogP contribution in [0.1, 0.15) is 81.6 Å². The van der Waals surface area contributed by atoms with Crippen LogP contribution in [0.25, 0.3) is 0 Å². The summed E-state index contributed by atoms with van der Waals surface area (Å²) in [6.45, 7) is 2.96. The Morgan fingerprint density at radius 2 is 1.59 bits per heavy atom. The van der Waals surface area contributed by atoms with Crippen molar-refractivity contribution in [1.29, 1.82) is 0 Å². The third-order valence-electron chi connectivity index (χ3n) is 3.83. The van der Waals surface area contributed by atoms with Crippen molar-refractivity contribution in [2.75, 3.05) is 0 Å². The standard InChI is InChI=1S/C17H29N3O2/c1-2-3-4-5-6-7-8-9-10-11-13-20-14-12-15(21)16(19-20)17(18)22/h12,14H,2-11,13H2,1H3,(H2,18,22). The number of rotatable bonds is 12. The summed E-state index contributed by atoms with van der Waals surface area (Å²) in [6, 6.07) is 1.35. The Kier molecular flexibility index (Phi) is 9.19. The number of amides is 1. The fourth-order valence-corrected chi connectivity index (χ4v) is 2.50. The second-order valence-corrected chi connectivity index (χ2v) is 5.84. The van der Waals surface area contributed by atoms with E-state index in [1.54, 1.807) is 10.9 Å². The number of unbranched alkanes of at least 4 members (excludes halogenated alkanes) is 9. The Morgan fingerprint density at radius 1 is 1.05 bits per heavy atom.